The number of amides is 1. The topological polar surface area (TPSA) is 73.1 Å². The second-order valence-corrected chi connectivity index (χ2v) is 6.35. The van der Waals surface area contributed by atoms with Gasteiger partial charge in [-0.3, -0.25) is 4.79 Å². The maximum Gasteiger partial charge on any atom is 0.220 e. The molecule has 4 nitrogen and oxygen atoms in total. The number of carbonyl (C=O) groups is 1. The summed E-state index contributed by atoms with van der Waals surface area (Å²) in [5, 5.41) is 20.0. The van der Waals surface area contributed by atoms with Crippen LogP contribution in [0.15, 0.2) is 48.6 Å². The van der Waals surface area contributed by atoms with Crippen LogP contribution in [-0.4, -0.2) is 23.7 Å². The average molecular weight is 383 g/mol. The first-order valence-electron chi connectivity index (χ1n) is 10.0. The average Bonchev–Trinajstić information content (AvgIpc) is 2.69. The molecule has 0 unspecified atom stereocenters. The first-order valence-corrected chi connectivity index (χ1v) is 10.0. The highest BCUT2D eigenvalue weighted by Gasteiger charge is 2.04. The fourth-order valence-corrected chi connectivity index (χ4v) is 2.13. The summed E-state index contributed by atoms with van der Waals surface area (Å²) in [6.07, 6.45) is 23.9. The molecule has 28 heavy (non-hydrogen) atoms. The maximum absolute atomic E-state index is 11.5. The van der Waals surface area contributed by atoms with Crippen molar-refractivity contribution < 1.29 is 9.90 Å². The molecule has 0 aromatic heterocycles. The van der Waals surface area contributed by atoms with Crippen molar-refractivity contribution in [3.8, 4) is 17.9 Å². The molecule has 1 amide bonds. The lowest BCUT2D eigenvalue weighted by Crippen LogP contribution is -2.34. The second-order valence-electron chi connectivity index (χ2n) is 6.35. The van der Waals surface area contributed by atoms with Crippen LogP contribution in [0.5, 0.6) is 0 Å². The van der Waals surface area contributed by atoms with E-state index in [2.05, 4.69) is 71.8 Å². The summed E-state index contributed by atoms with van der Waals surface area (Å²) in [6.45, 7) is 1.76. The highest BCUT2D eigenvalue weighted by molar-refractivity contribution is 5.76. The van der Waals surface area contributed by atoms with E-state index >= 15 is 0 Å². The minimum atomic E-state index is -0.168. The summed E-state index contributed by atoms with van der Waals surface area (Å²) in [6, 6.07) is 1.91. The van der Waals surface area contributed by atoms with Gasteiger partial charge >= 0.3 is 0 Å². The number of nitrogens with one attached hydrogen (secondary N) is 1. The molecule has 4 heteroatoms. The molecule has 0 radical (unpaired) electrons. The Labute approximate surface area is 170 Å². The van der Waals surface area contributed by atoms with Crippen molar-refractivity contribution in [1.29, 1.82) is 5.26 Å². The van der Waals surface area contributed by atoms with E-state index in [0.29, 0.717) is 19.3 Å². The van der Waals surface area contributed by atoms with Gasteiger partial charge < -0.3 is 10.4 Å². The monoisotopic (exact) mass is 382 g/mol. The van der Waals surface area contributed by atoms with Gasteiger partial charge in [-0.25, -0.2) is 0 Å². The number of rotatable bonds is 14. The highest BCUT2D eigenvalue weighted by Crippen LogP contribution is 1.99. The van der Waals surface area contributed by atoms with Crippen molar-refractivity contribution >= 4 is 5.91 Å². The Bertz CT molecular complexity index is 613. The lowest BCUT2D eigenvalue weighted by molar-refractivity contribution is -0.122. The van der Waals surface area contributed by atoms with Crippen LogP contribution in [-0.2, 0) is 4.79 Å². The molecule has 0 aliphatic heterocycles. The van der Waals surface area contributed by atoms with Crippen molar-refractivity contribution in [3.05, 3.63) is 48.6 Å². The largest absolute Gasteiger partial charge is 0.394 e. The zero-order chi connectivity index (χ0) is 20.7. The third-order valence-electron chi connectivity index (χ3n) is 3.65. The van der Waals surface area contributed by atoms with Gasteiger partial charge in [-0.2, -0.15) is 5.26 Å². The molecule has 0 spiro atoms. The molecule has 1 atom stereocenters. The Morgan fingerprint density at radius 1 is 0.964 bits per heavy atom. The van der Waals surface area contributed by atoms with Crippen molar-refractivity contribution in [1.82, 2.24) is 5.32 Å². The Morgan fingerprint density at radius 3 is 2.18 bits per heavy atom. The zero-order valence-corrected chi connectivity index (χ0v) is 17.1. The number of hydrogen-bond donors (Lipinski definition) is 2. The van der Waals surface area contributed by atoms with Gasteiger partial charge in [-0.15, -0.1) is 5.92 Å². The first-order chi connectivity index (χ1) is 13.7. The van der Waals surface area contributed by atoms with Gasteiger partial charge in [0, 0.05) is 31.7 Å². The standard InChI is InChI=1S/C24H34N2O2/c1-23(22-27)26-24(28)20-18-16-14-12-10-8-6-4-2-3-5-7-9-11-13-15-17-19-21-25/h2-3,6-9,12,14,23,27H,4-5,10-11,16-20,22H2,1H3,(H,26,28)/b3-2+,8-6+,9-7+,14-12+/t23-/m1/s1. The molecular weight excluding hydrogens is 348 g/mol. The van der Waals surface area contributed by atoms with E-state index in [4.69, 9.17) is 10.4 Å². The van der Waals surface area contributed by atoms with Gasteiger partial charge in [0.25, 0.3) is 0 Å². The lowest BCUT2D eigenvalue weighted by atomic mass is 10.2. The van der Waals surface area contributed by atoms with Gasteiger partial charge in [0.2, 0.25) is 5.91 Å². The van der Waals surface area contributed by atoms with Gasteiger partial charge in [-0.05, 0) is 39.0 Å². The van der Waals surface area contributed by atoms with Gasteiger partial charge in [-0.1, -0.05) is 54.5 Å². The molecule has 0 bridgehead atoms. The summed E-state index contributed by atoms with van der Waals surface area (Å²) in [7, 11) is 0. The number of carbonyl (C=O) groups excluding carboxylic acids is 1. The van der Waals surface area contributed by atoms with Crippen molar-refractivity contribution in [2.75, 3.05) is 6.61 Å². The van der Waals surface area contributed by atoms with E-state index in [1.807, 2.05) is 0 Å². The third-order valence-corrected chi connectivity index (χ3v) is 3.65. The number of aliphatic hydroxyl groups excluding tert-OH is 1. The molecule has 0 aromatic carbocycles. The molecule has 0 rings (SSSR count). The van der Waals surface area contributed by atoms with Crippen LogP contribution >= 0.6 is 0 Å². The van der Waals surface area contributed by atoms with Gasteiger partial charge in [0.1, 0.15) is 0 Å². The lowest BCUT2D eigenvalue weighted by Gasteiger charge is -2.09. The smallest absolute Gasteiger partial charge is 0.220 e. The Hall–Kier alpha value is -2.56. The number of nitrogens with zero attached hydrogens (tertiary/aromatic N) is 1. The van der Waals surface area contributed by atoms with Crippen LogP contribution in [0.1, 0.15) is 64.7 Å². The van der Waals surface area contributed by atoms with Crippen LogP contribution < -0.4 is 5.32 Å². The summed E-state index contributed by atoms with van der Waals surface area (Å²) < 4.78 is 0. The van der Waals surface area contributed by atoms with E-state index in [-0.39, 0.29) is 18.6 Å². The predicted octanol–water partition coefficient (Wildman–Crippen LogP) is 4.75. The van der Waals surface area contributed by atoms with Crippen molar-refractivity contribution in [3.63, 3.8) is 0 Å². The molecule has 0 heterocycles. The molecule has 0 saturated carbocycles. The molecule has 152 valence electrons. The van der Waals surface area contributed by atoms with E-state index in [0.717, 1.165) is 38.5 Å². The number of nitriles is 1. The SMILES string of the molecule is C[C@H](CO)NC(=O)CCC/C=C/C/C=C/C/C=C/C/C=C/CC#CCCC#N. The predicted molar refractivity (Wildman–Crippen MR) is 116 cm³/mol. The van der Waals surface area contributed by atoms with Crippen LogP contribution in [0.25, 0.3) is 0 Å². The van der Waals surface area contributed by atoms with E-state index in [1.54, 1.807) is 6.92 Å². The number of aliphatic hydroxyl groups is 1. The first kappa shape index (κ1) is 25.4. The van der Waals surface area contributed by atoms with Crippen LogP contribution in [0.3, 0.4) is 0 Å². The Kier molecular flexibility index (Phi) is 18.9. The molecule has 2 N–H and O–H groups in total. The number of allylic oxidation sites excluding steroid dienone is 8. The fraction of sp³-hybridized carbons (Fsp3) is 0.500. The summed E-state index contributed by atoms with van der Waals surface area (Å²) in [4.78, 5) is 11.5. The fourth-order valence-electron chi connectivity index (χ4n) is 2.13. The van der Waals surface area contributed by atoms with Gasteiger partial charge in [0.05, 0.1) is 12.7 Å². The Morgan fingerprint density at radius 2 is 1.57 bits per heavy atom. The minimum absolute atomic E-state index is 0.00000621. The highest BCUT2D eigenvalue weighted by atomic mass is 16.3. The van der Waals surface area contributed by atoms with E-state index < -0.39 is 0 Å². The normalized spacial score (nSPS) is 12.5. The molecule has 0 aromatic rings. The van der Waals surface area contributed by atoms with Gasteiger partial charge in [0.15, 0.2) is 0 Å². The minimum Gasteiger partial charge on any atom is -0.394 e. The quantitative estimate of drug-likeness (QED) is 0.259. The zero-order valence-electron chi connectivity index (χ0n) is 17.1. The van der Waals surface area contributed by atoms with Crippen LogP contribution in [0.2, 0.25) is 0 Å². The maximum atomic E-state index is 11.5. The second kappa shape index (κ2) is 20.7. The van der Waals surface area contributed by atoms with Crippen LogP contribution in [0, 0.1) is 23.2 Å². The number of hydrogen-bond acceptors (Lipinski definition) is 3. The summed E-state index contributed by atoms with van der Waals surface area (Å²) >= 11 is 0. The summed E-state index contributed by atoms with van der Waals surface area (Å²) in [5.74, 6) is 5.98. The van der Waals surface area contributed by atoms with Crippen molar-refractivity contribution in [2.45, 2.75) is 70.8 Å². The molecular formula is C24H34N2O2. The van der Waals surface area contributed by atoms with E-state index in [9.17, 15) is 4.79 Å². The van der Waals surface area contributed by atoms with E-state index in [1.165, 1.54) is 0 Å². The molecule has 0 aliphatic carbocycles. The summed E-state index contributed by atoms with van der Waals surface area (Å²) in [5.41, 5.74) is 0. The Balaban J connectivity index is 3.57. The van der Waals surface area contributed by atoms with Crippen molar-refractivity contribution in [2.24, 2.45) is 0 Å². The van der Waals surface area contributed by atoms with Crippen LogP contribution in [0.4, 0.5) is 0 Å². The number of unbranched alkanes of at least 4 members (excludes halogenated alkanes) is 2. The molecule has 0 aliphatic rings. The third kappa shape index (κ3) is 19.8. The molecule has 0 fully saturated rings. The molecule has 0 saturated heterocycles.